The van der Waals surface area contributed by atoms with Gasteiger partial charge in [0.25, 0.3) is 0 Å². The van der Waals surface area contributed by atoms with Crippen LogP contribution in [0.2, 0.25) is 0 Å². The van der Waals surface area contributed by atoms with Crippen LogP contribution in [0.15, 0.2) is 36.4 Å². The SMILES string of the molecule is CC1(C)C[N+](c2c(F)cccc2F)=CN1c1c(F)cccc1F.[Cl-]. The van der Waals surface area contributed by atoms with Gasteiger partial charge in [-0.1, -0.05) is 12.1 Å². The van der Waals surface area contributed by atoms with Crippen molar-refractivity contribution in [2.45, 2.75) is 19.4 Å². The number of rotatable bonds is 2. The van der Waals surface area contributed by atoms with Crippen molar-refractivity contribution in [1.29, 1.82) is 0 Å². The number of hydrogen-bond acceptors (Lipinski definition) is 1. The van der Waals surface area contributed by atoms with E-state index in [2.05, 4.69) is 0 Å². The molecule has 2 aromatic rings. The highest BCUT2D eigenvalue weighted by Crippen LogP contribution is 2.34. The van der Waals surface area contributed by atoms with Gasteiger partial charge in [0.1, 0.15) is 12.1 Å². The molecule has 128 valence electrons. The third kappa shape index (κ3) is 2.98. The van der Waals surface area contributed by atoms with Crippen LogP contribution in [-0.4, -0.2) is 23.0 Å². The summed E-state index contributed by atoms with van der Waals surface area (Å²) >= 11 is 0. The van der Waals surface area contributed by atoms with E-state index >= 15 is 0 Å². The molecule has 0 spiro atoms. The van der Waals surface area contributed by atoms with Gasteiger partial charge in [-0.05, 0) is 38.1 Å². The molecule has 1 aliphatic rings. The summed E-state index contributed by atoms with van der Waals surface area (Å²) in [6, 6.07) is 7.12. The van der Waals surface area contributed by atoms with Crippen molar-refractivity contribution in [2.75, 3.05) is 11.4 Å². The second-order valence-corrected chi connectivity index (χ2v) is 6.07. The molecule has 2 nitrogen and oxygen atoms in total. The molecule has 0 fully saturated rings. The molecule has 0 amide bonds. The first kappa shape index (κ1) is 18.3. The Balaban J connectivity index is 0.00000208. The lowest BCUT2D eigenvalue weighted by molar-refractivity contribution is -0.437. The Morgan fingerprint density at radius 1 is 0.875 bits per heavy atom. The zero-order valence-electron chi connectivity index (χ0n) is 13.0. The van der Waals surface area contributed by atoms with Gasteiger partial charge in [0.2, 0.25) is 6.34 Å². The Morgan fingerprint density at radius 3 is 1.83 bits per heavy atom. The maximum Gasteiger partial charge on any atom is 0.245 e. The van der Waals surface area contributed by atoms with Crippen molar-refractivity contribution in [3.05, 3.63) is 59.7 Å². The molecule has 0 radical (unpaired) electrons. The molecule has 0 unspecified atom stereocenters. The minimum atomic E-state index is -0.752. The van der Waals surface area contributed by atoms with Gasteiger partial charge < -0.3 is 12.4 Å². The molecule has 0 bridgehead atoms. The van der Waals surface area contributed by atoms with Gasteiger partial charge >= 0.3 is 0 Å². The molecule has 7 heteroatoms. The molecule has 1 aliphatic heterocycles. The van der Waals surface area contributed by atoms with Gasteiger partial charge in [-0.15, -0.1) is 0 Å². The molecule has 0 atom stereocenters. The Morgan fingerprint density at radius 2 is 1.33 bits per heavy atom. The Hall–Kier alpha value is -2.08. The lowest BCUT2D eigenvalue weighted by atomic mass is 10.0. The van der Waals surface area contributed by atoms with E-state index in [1.807, 2.05) is 0 Å². The van der Waals surface area contributed by atoms with E-state index in [0.717, 1.165) is 24.3 Å². The van der Waals surface area contributed by atoms with E-state index in [4.69, 9.17) is 0 Å². The summed E-state index contributed by atoms with van der Waals surface area (Å²) in [4.78, 5) is 1.36. The van der Waals surface area contributed by atoms with Crippen LogP contribution in [-0.2, 0) is 0 Å². The fourth-order valence-electron chi connectivity index (χ4n) is 2.81. The molecule has 0 aliphatic carbocycles. The number of para-hydroxylation sites is 2. The van der Waals surface area contributed by atoms with Gasteiger partial charge in [0.15, 0.2) is 34.6 Å². The topological polar surface area (TPSA) is 6.25 Å². The van der Waals surface area contributed by atoms with Crippen molar-refractivity contribution in [1.82, 2.24) is 0 Å². The summed E-state index contributed by atoms with van der Waals surface area (Å²) in [6.45, 7) is 3.67. The second-order valence-electron chi connectivity index (χ2n) is 6.07. The largest absolute Gasteiger partial charge is 1.00 e. The highest BCUT2D eigenvalue weighted by atomic mass is 35.5. The third-order valence-corrected chi connectivity index (χ3v) is 3.87. The fourth-order valence-corrected chi connectivity index (χ4v) is 2.81. The predicted octanol–water partition coefficient (Wildman–Crippen LogP) is 1.22. The van der Waals surface area contributed by atoms with Crippen molar-refractivity contribution in [3.63, 3.8) is 0 Å². The molecule has 24 heavy (non-hydrogen) atoms. The molecule has 0 N–H and O–H groups in total. The van der Waals surface area contributed by atoms with Gasteiger partial charge in [0, 0.05) is 0 Å². The van der Waals surface area contributed by atoms with Crippen LogP contribution < -0.4 is 17.3 Å². The monoisotopic (exact) mass is 358 g/mol. The predicted molar refractivity (Wildman–Crippen MR) is 80.1 cm³/mol. The zero-order chi connectivity index (χ0) is 16.8. The van der Waals surface area contributed by atoms with Crippen LogP contribution in [0.4, 0.5) is 28.9 Å². The summed E-state index contributed by atoms with van der Waals surface area (Å²) < 4.78 is 57.4. The van der Waals surface area contributed by atoms with Crippen LogP contribution in [0.25, 0.3) is 0 Å². The minimum absolute atomic E-state index is 0. The van der Waals surface area contributed by atoms with Crippen LogP contribution in [0, 0.1) is 23.3 Å². The van der Waals surface area contributed by atoms with Gasteiger partial charge in [-0.2, -0.15) is 0 Å². The second kappa shape index (κ2) is 6.43. The van der Waals surface area contributed by atoms with Crippen LogP contribution in [0.1, 0.15) is 13.8 Å². The normalized spacial score (nSPS) is 15.9. The summed E-state index contributed by atoms with van der Waals surface area (Å²) in [6.07, 6.45) is 1.34. The van der Waals surface area contributed by atoms with E-state index in [1.165, 1.54) is 27.9 Å². The molecule has 0 aromatic heterocycles. The first-order chi connectivity index (χ1) is 10.8. The minimum Gasteiger partial charge on any atom is -1.00 e. The average molecular weight is 359 g/mol. The highest BCUT2D eigenvalue weighted by molar-refractivity contribution is 5.81. The van der Waals surface area contributed by atoms with E-state index in [-0.39, 0.29) is 30.3 Å². The van der Waals surface area contributed by atoms with E-state index in [9.17, 15) is 17.6 Å². The molecule has 1 heterocycles. The van der Waals surface area contributed by atoms with Crippen LogP contribution in [0.3, 0.4) is 0 Å². The molecular formula is C17H15ClF4N2. The number of benzene rings is 2. The van der Waals surface area contributed by atoms with Crippen LogP contribution >= 0.6 is 0 Å². The van der Waals surface area contributed by atoms with Crippen molar-refractivity contribution >= 4 is 17.7 Å². The summed E-state index contributed by atoms with van der Waals surface area (Å²) in [7, 11) is 0. The summed E-state index contributed by atoms with van der Waals surface area (Å²) in [5.41, 5.74) is -1.23. The first-order valence-electron chi connectivity index (χ1n) is 7.10. The number of anilines is 1. The fraction of sp³-hybridized carbons (Fsp3) is 0.235. The van der Waals surface area contributed by atoms with Crippen LogP contribution in [0.5, 0.6) is 0 Å². The number of nitrogens with zero attached hydrogens (tertiary/aromatic N) is 2. The summed E-state index contributed by atoms with van der Waals surface area (Å²) in [5.74, 6) is -2.92. The number of halogens is 5. The maximum absolute atomic E-state index is 14.1. The van der Waals surface area contributed by atoms with Gasteiger partial charge in [0.05, 0.1) is 0 Å². The summed E-state index contributed by atoms with van der Waals surface area (Å²) in [5, 5.41) is 0. The highest BCUT2D eigenvalue weighted by Gasteiger charge is 2.45. The Bertz CT molecular complexity index is 765. The Labute approximate surface area is 143 Å². The average Bonchev–Trinajstić information content (AvgIpc) is 2.74. The van der Waals surface area contributed by atoms with E-state index < -0.39 is 28.8 Å². The zero-order valence-corrected chi connectivity index (χ0v) is 13.8. The van der Waals surface area contributed by atoms with E-state index in [0.29, 0.717) is 0 Å². The number of hydrogen-bond donors (Lipinski definition) is 0. The van der Waals surface area contributed by atoms with Gasteiger partial charge in [-0.3, -0.25) is 0 Å². The molecular weight excluding hydrogens is 344 g/mol. The molecule has 0 saturated heterocycles. The third-order valence-electron chi connectivity index (χ3n) is 3.87. The van der Waals surface area contributed by atoms with Gasteiger partial charge in [-0.25, -0.2) is 27.0 Å². The first-order valence-corrected chi connectivity index (χ1v) is 7.10. The van der Waals surface area contributed by atoms with E-state index in [1.54, 1.807) is 13.8 Å². The maximum atomic E-state index is 14.1. The quantitative estimate of drug-likeness (QED) is 0.578. The standard InChI is InChI=1S/C17H15F4N2.ClH/c1-17(2)9-22(15-11(18)5-3-6-12(15)19)10-23(17)16-13(20)7-4-8-14(16)21;/h3-8,10H,9H2,1-2H3;1H/q+1;/p-1. The Kier molecular flexibility index (Phi) is 4.90. The molecule has 0 saturated carbocycles. The van der Waals surface area contributed by atoms with Crippen molar-refractivity contribution < 1.29 is 34.5 Å². The van der Waals surface area contributed by atoms with Crippen molar-refractivity contribution in [3.8, 4) is 0 Å². The lowest BCUT2D eigenvalue weighted by Gasteiger charge is -2.24. The molecule has 2 aromatic carbocycles. The molecule has 3 rings (SSSR count). The van der Waals surface area contributed by atoms with Crippen molar-refractivity contribution in [2.24, 2.45) is 0 Å². The lowest BCUT2D eigenvalue weighted by Crippen LogP contribution is -3.00. The smallest absolute Gasteiger partial charge is 0.245 e.